The SMILES string of the molecule is Cc1nc(CNc2cnc3c(c2)C=NCC3)cs1. The van der Waals surface area contributed by atoms with Gasteiger partial charge < -0.3 is 5.32 Å². The van der Waals surface area contributed by atoms with Crippen molar-refractivity contribution in [1.82, 2.24) is 9.97 Å². The Bertz CT molecular complexity index is 588. The summed E-state index contributed by atoms with van der Waals surface area (Å²) in [5, 5.41) is 6.52. The van der Waals surface area contributed by atoms with Crippen LogP contribution in [0.1, 0.15) is 22.0 Å². The van der Waals surface area contributed by atoms with E-state index in [1.54, 1.807) is 11.3 Å². The Morgan fingerprint density at radius 3 is 3.22 bits per heavy atom. The Hall–Kier alpha value is -1.75. The van der Waals surface area contributed by atoms with E-state index in [-0.39, 0.29) is 0 Å². The van der Waals surface area contributed by atoms with Crippen molar-refractivity contribution in [2.75, 3.05) is 11.9 Å². The highest BCUT2D eigenvalue weighted by molar-refractivity contribution is 7.09. The van der Waals surface area contributed by atoms with Crippen molar-refractivity contribution in [3.63, 3.8) is 0 Å². The lowest BCUT2D eigenvalue weighted by Crippen LogP contribution is -2.07. The van der Waals surface area contributed by atoms with Gasteiger partial charge in [-0.15, -0.1) is 11.3 Å². The molecule has 0 unspecified atom stereocenters. The van der Waals surface area contributed by atoms with Gasteiger partial charge in [0, 0.05) is 30.1 Å². The second-order valence-electron chi connectivity index (χ2n) is 4.26. The van der Waals surface area contributed by atoms with Crippen LogP contribution < -0.4 is 5.32 Å². The number of hydrogen-bond acceptors (Lipinski definition) is 5. The van der Waals surface area contributed by atoms with Gasteiger partial charge in [-0.05, 0) is 13.0 Å². The number of nitrogens with one attached hydrogen (secondary N) is 1. The lowest BCUT2D eigenvalue weighted by molar-refractivity contribution is 0.904. The van der Waals surface area contributed by atoms with Crippen LogP contribution in [0, 0.1) is 6.92 Å². The minimum atomic E-state index is 0.738. The van der Waals surface area contributed by atoms with E-state index in [4.69, 9.17) is 0 Å². The van der Waals surface area contributed by atoms with E-state index in [1.807, 2.05) is 19.3 Å². The van der Waals surface area contributed by atoms with Gasteiger partial charge in [0.1, 0.15) is 0 Å². The van der Waals surface area contributed by atoms with E-state index in [0.29, 0.717) is 0 Å². The Morgan fingerprint density at radius 2 is 2.39 bits per heavy atom. The van der Waals surface area contributed by atoms with E-state index < -0.39 is 0 Å². The third-order valence-electron chi connectivity index (χ3n) is 2.85. The zero-order valence-electron chi connectivity index (χ0n) is 10.2. The summed E-state index contributed by atoms with van der Waals surface area (Å²) in [6.07, 6.45) is 4.73. The molecule has 3 rings (SSSR count). The molecule has 0 saturated carbocycles. The molecule has 0 aromatic carbocycles. The van der Waals surface area contributed by atoms with Crippen molar-refractivity contribution in [2.24, 2.45) is 4.99 Å². The first-order valence-corrected chi connectivity index (χ1v) is 6.83. The van der Waals surface area contributed by atoms with Crippen molar-refractivity contribution in [2.45, 2.75) is 19.9 Å². The number of pyridine rings is 1. The van der Waals surface area contributed by atoms with Crippen molar-refractivity contribution < 1.29 is 0 Å². The smallest absolute Gasteiger partial charge is 0.0898 e. The van der Waals surface area contributed by atoms with Gasteiger partial charge in [-0.25, -0.2) is 4.98 Å². The number of rotatable bonds is 3. The predicted molar refractivity (Wildman–Crippen MR) is 74.6 cm³/mol. The molecule has 18 heavy (non-hydrogen) atoms. The molecule has 2 aromatic heterocycles. The maximum atomic E-state index is 4.47. The lowest BCUT2D eigenvalue weighted by atomic mass is 10.1. The lowest BCUT2D eigenvalue weighted by Gasteiger charge is -2.11. The van der Waals surface area contributed by atoms with Gasteiger partial charge >= 0.3 is 0 Å². The number of aliphatic imine (C=N–C) groups is 1. The first-order chi connectivity index (χ1) is 8.81. The topological polar surface area (TPSA) is 50.2 Å². The largest absolute Gasteiger partial charge is 0.378 e. The van der Waals surface area contributed by atoms with Crippen LogP contribution in [0.5, 0.6) is 0 Å². The van der Waals surface area contributed by atoms with Crippen LogP contribution >= 0.6 is 11.3 Å². The van der Waals surface area contributed by atoms with Gasteiger partial charge in [-0.3, -0.25) is 9.98 Å². The Balaban J connectivity index is 1.72. The molecule has 0 radical (unpaired) electrons. The normalized spacial score (nSPS) is 13.4. The van der Waals surface area contributed by atoms with Crippen LogP contribution in [-0.2, 0) is 13.0 Å². The number of nitrogens with zero attached hydrogens (tertiary/aromatic N) is 3. The fourth-order valence-corrected chi connectivity index (χ4v) is 2.56. The number of hydrogen-bond donors (Lipinski definition) is 1. The van der Waals surface area contributed by atoms with Gasteiger partial charge in [-0.2, -0.15) is 0 Å². The molecule has 3 heterocycles. The van der Waals surface area contributed by atoms with Gasteiger partial charge in [0.05, 0.1) is 34.8 Å². The van der Waals surface area contributed by atoms with E-state index in [1.165, 1.54) is 0 Å². The number of aromatic nitrogens is 2. The van der Waals surface area contributed by atoms with Gasteiger partial charge in [0.15, 0.2) is 0 Å². The van der Waals surface area contributed by atoms with Crippen LogP contribution in [0.25, 0.3) is 0 Å². The number of thiazole rings is 1. The molecule has 0 saturated heterocycles. The molecule has 1 N–H and O–H groups in total. The van der Waals surface area contributed by atoms with Crippen LogP contribution in [-0.4, -0.2) is 22.7 Å². The first-order valence-electron chi connectivity index (χ1n) is 5.95. The Kier molecular flexibility index (Phi) is 3.06. The molecule has 2 aromatic rings. The fraction of sp³-hybridized carbons (Fsp3) is 0.308. The molecule has 92 valence electrons. The summed E-state index contributed by atoms with van der Waals surface area (Å²) in [6, 6.07) is 2.10. The highest BCUT2D eigenvalue weighted by atomic mass is 32.1. The highest BCUT2D eigenvalue weighted by Gasteiger charge is 2.07. The third-order valence-corrected chi connectivity index (χ3v) is 3.67. The Labute approximate surface area is 110 Å². The fourth-order valence-electron chi connectivity index (χ4n) is 1.94. The molecule has 0 atom stereocenters. The van der Waals surface area contributed by atoms with Crippen LogP contribution in [0.3, 0.4) is 0 Å². The third kappa shape index (κ3) is 2.41. The van der Waals surface area contributed by atoms with Gasteiger partial charge in [0.25, 0.3) is 0 Å². The summed E-state index contributed by atoms with van der Waals surface area (Å²) in [5.41, 5.74) is 4.36. The summed E-state index contributed by atoms with van der Waals surface area (Å²) in [4.78, 5) is 13.2. The molecule has 0 bridgehead atoms. The average Bonchev–Trinajstić information content (AvgIpc) is 2.82. The van der Waals surface area contributed by atoms with Crippen molar-refractivity contribution in [1.29, 1.82) is 0 Å². The van der Waals surface area contributed by atoms with Crippen LogP contribution in [0.4, 0.5) is 5.69 Å². The molecule has 0 amide bonds. The van der Waals surface area contributed by atoms with Crippen LogP contribution in [0.2, 0.25) is 0 Å². The second kappa shape index (κ2) is 4.86. The summed E-state index contributed by atoms with van der Waals surface area (Å²) in [6.45, 7) is 3.61. The predicted octanol–water partition coefficient (Wildman–Crippen LogP) is 2.43. The minimum Gasteiger partial charge on any atom is -0.378 e. The van der Waals surface area contributed by atoms with Crippen LogP contribution in [0.15, 0.2) is 22.6 Å². The van der Waals surface area contributed by atoms with Gasteiger partial charge in [0.2, 0.25) is 0 Å². The minimum absolute atomic E-state index is 0.738. The molecule has 0 spiro atoms. The summed E-state index contributed by atoms with van der Waals surface area (Å²) >= 11 is 1.67. The molecule has 4 nitrogen and oxygen atoms in total. The maximum Gasteiger partial charge on any atom is 0.0898 e. The number of fused-ring (bicyclic) bond motifs is 1. The zero-order chi connectivity index (χ0) is 12.4. The highest BCUT2D eigenvalue weighted by Crippen LogP contribution is 2.16. The molecule has 0 fully saturated rings. The van der Waals surface area contributed by atoms with Crippen molar-refractivity contribution >= 4 is 23.2 Å². The van der Waals surface area contributed by atoms with Gasteiger partial charge in [-0.1, -0.05) is 0 Å². The first kappa shape index (κ1) is 11.3. The average molecular weight is 258 g/mol. The van der Waals surface area contributed by atoms with E-state index in [2.05, 4.69) is 31.7 Å². The molecule has 1 aliphatic heterocycles. The summed E-state index contributed by atoms with van der Waals surface area (Å²) in [5.74, 6) is 0. The van der Waals surface area contributed by atoms with E-state index in [9.17, 15) is 0 Å². The summed E-state index contributed by atoms with van der Waals surface area (Å²) in [7, 11) is 0. The Morgan fingerprint density at radius 1 is 1.44 bits per heavy atom. The van der Waals surface area contributed by atoms with Crippen molar-refractivity contribution in [3.8, 4) is 0 Å². The quantitative estimate of drug-likeness (QED) is 0.920. The molecular weight excluding hydrogens is 244 g/mol. The molecular formula is C13H14N4S. The monoisotopic (exact) mass is 258 g/mol. The number of anilines is 1. The molecule has 5 heteroatoms. The molecule has 1 aliphatic rings. The van der Waals surface area contributed by atoms with Crippen molar-refractivity contribution in [3.05, 3.63) is 39.6 Å². The van der Waals surface area contributed by atoms with E-state index >= 15 is 0 Å². The van der Waals surface area contributed by atoms with E-state index in [0.717, 1.165) is 47.2 Å². The summed E-state index contributed by atoms with van der Waals surface area (Å²) < 4.78 is 0. The number of aryl methyl sites for hydroxylation is 1. The maximum absolute atomic E-state index is 4.47. The molecule has 0 aliphatic carbocycles. The second-order valence-corrected chi connectivity index (χ2v) is 5.32. The zero-order valence-corrected chi connectivity index (χ0v) is 11.0. The standard InChI is InChI=1S/C13H14N4S/c1-9-17-12(8-18-9)7-15-11-4-10-5-14-3-2-13(10)16-6-11/h4-6,8,15H,2-3,7H2,1H3.